The van der Waals surface area contributed by atoms with E-state index in [1.165, 1.54) is 19.4 Å². The van der Waals surface area contributed by atoms with E-state index in [2.05, 4.69) is 30.7 Å². The molecule has 5 nitrogen and oxygen atoms in total. The maximum atomic E-state index is 12.6. The number of piperazine rings is 1. The number of likely N-dealkylation sites (N-methyl/N-ethyl adjacent to an activating group) is 1. The highest BCUT2D eigenvalue weighted by Gasteiger charge is 2.33. The molecular weight excluding hydrogens is 302 g/mol. The highest BCUT2D eigenvalue weighted by molar-refractivity contribution is 5.77. The van der Waals surface area contributed by atoms with Gasteiger partial charge in [-0.15, -0.1) is 0 Å². The lowest BCUT2D eigenvalue weighted by Crippen LogP contribution is -2.56. The summed E-state index contributed by atoms with van der Waals surface area (Å²) in [6.45, 7) is 10.1. The van der Waals surface area contributed by atoms with Crippen molar-refractivity contribution in [1.82, 2.24) is 14.7 Å². The molecule has 0 aromatic carbocycles. The molecule has 2 heterocycles. The average molecular weight is 340 g/mol. The molecule has 2 aliphatic heterocycles. The fraction of sp³-hybridized carbons (Fsp3) is 0.947. The fourth-order valence-corrected chi connectivity index (χ4v) is 4.40. The third-order valence-corrected chi connectivity index (χ3v) is 5.69. The van der Waals surface area contributed by atoms with E-state index in [9.17, 15) is 9.90 Å². The van der Waals surface area contributed by atoms with Crippen molar-refractivity contribution in [2.24, 2.45) is 0 Å². The highest BCUT2D eigenvalue weighted by atomic mass is 16.3. The molecule has 5 heteroatoms. The molecule has 1 unspecified atom stereocenters. The van der Waals surface area contributed by atoms with E-state index in [0.29, 0.717) is 12.5 Å². The van der Waals surface area contributed by atoms with Crippen molar-refractivity contribution in [3.63, 3.8) is 0 Å². The molecule has 0 aliphatic carbocycles. The smallest absolute Gasteiger partial charge is 0.225 e. The first-order valence-electron chi connectivity index (χ1n) is 9.90. The third kappa shape index (κ3) is 5.43. The maximum absolute atomic E-state index is 12.6. The van der Waals surface area contributed by atoms with Gasteiger partial charge in [0.1, 0.15) is 0 Å². The van der Waals surface area contributed by atoms with Gasteiger partial charge in [0.2, 0.25) is 5.91 Å². The van der Waals surface area contributed by atoms with E-state index in [4.69, 9.17) is 0 Å². The molecule has 24 heavy (non-hydrogen) atoms. The molecular formula is C19H37N3O2. The molecule has 2 rings (SSSR count). The molecule has 1 atom stereocenters. The van der Waals surface area contributed by atoms with Gasteiger partial charge in [0.25, 0.3) is 0 Å². The van der Waals surface area contributed by atoms with E-state index < -0.39 is 5.60 Å². The number of amides is 1. The van der Waals surface area contributed by atoms with Crippen LogP contribution in [0.25, 0.3) is 0 Å². The summed E-state index contributed by atoms with van der Waals surface area (Å²) in [5.41, 5.74) is -0.802. The van der Waals surface area contributed by atoms with Crippen molar-refractivity contribution in [2.75, 3.05) is 46.3 Å². The second-order valence-corrected chi connectivity index (χ2v) is 7.88. The van der Waals surface area contributed by atoms with Crippen LogP contribution < -0.4 is 0 Å². The first kappa shape index (κ1) is 19.7. The summed E-state index contributed by atoms with van der Waals surface area (Å²) in [4.78, 5) is 19.6. The zero-order chi connectivity index (χ0) is 17.6. The SMILES string of the molecule is CCCC(O)(CCC)CC(=O)N1CCN(C2CCCN(C)C2)CC1. The van der Waals surface area contributed by atoms with E-state index in [-0.39, 0.29) is 5.91 Å². The van der Waals surface area contributed by atoms with Crippen molar-refractivity contribution >= 4 is 5.91 Å². The molecule has 0 radical (unpaired) electrons. The van der Waals surface area contributed by atoms with Gasteiger partial charge in [-0.2, -0.15) is 0 Å². The molecule has 0 aromatic heterocycles. The second-order valence-electron chi connectivity index (χ2n) is 7.88. The van der Waals surface area contributed by atoms with Gasteiger partial charge < -0.3 is 14.9 Å². The van der Waals surface area contributed by atoms with E-state index in [1.807, 2.05) is 4.90 Å². The molecule has 140 valence electrons. The Labute approximate surface area is 148 Å². The number of likely N-dealkylation sites (tertiary alicyclic amines) is 1. The number of nitrogens with zero attached hydrogens (tertiary/aromatic N) is 3. The Morgan fingerprint density at radius 2 is 1.71 bits per heavy atom. The Bertz CT molecular complexity index is 388. The van der Waals surface area contributed by atoms with Gasteiger partial charge in [0.05, 0.1) is 12.0 Å². The molecule has 2 aliphatic rings. The quantitative estimate of drug-likeness (QED) is 0.770. The molecule has 0 spiro atoms. The van der Waals surface area contributed by atoms with Crippen molar-refractivity contribution in [2.45, 2.75) is 70.4 Å². The average Bonchev–Trinajstić information content (AvgIpc) is 2.55. The van der Waals surface area contributed by atoms with Gasteiger partial charge in [-0.3, -0.25) is 9.69 Å². The zero-order valence-electron chi connectivity index (χ0n) is 16.0. The van der Waals surface area contributed by atoms with Crippen LogP contribution in [0.3, 0.4) is 0 Å². The lowest BCUT2D eigenvalue weighted by molar-refractivity contribution is -0.139. The number of hydrogen-bond acceptors (Lipinski definition) is 4. The van der Waals surface area contributed by atoms with Crippen LogP contribution in [-0.4, -0.2) is 83.7 Å². The van der Waals surface area contributed by atoms with Crippen LogP contribution in [0, 0.1) is 0 Å². The number of piperidine rings is 1. The Morgan fingerprint density at radius 3 is 2.25 bits per heavy atom. The summed E-state index contributed by atoms with van der Waals surface area (Å²) in [7, 11) is 2.20. The molecule has 0 aromatic rings. The number of carbonyl (C=O) groups is 1. The Hall–Kier alpha value is -0.650. The Kier molecular flexibility index (Phi) is 7.51. The minimum Gasteiger partial charge on any atom is -0.389 e. The topological polar surface area (TPSA) is 47.0 Å². The van der Waals surface area contributed by atoms with Gasteiger partial charge in [-0.05, 0) is 39.3 Å². The lowest BCUT2D eigenvalue weighted by atomic mass is 9.88. The van der Waals surface area contributed by atoms with Crippen LogP contribution in [0.2, 0.25) is 0 Å². The molecule has 1 amide bonds. The monoisotopic (exact) mass is 339 g/mol. The standard InChI is InChI=1S/C19H37N3O2/c1-4-8-19(24,9-5-2)15-18(23)22-13-11-21(12-14-22)17-7-6-10-20(3)16-17/h17,24H,4-16H2,1-3H3. The number of hydrogen-bond donors (Lipinski definition) is 1. The molecule has 0 bridgehead atoms. The van der Waals surface area contributed by atoms with Crippen LogP contribution in [0.4, 0.5) is 0 Å². The van der Waals surface area contributed by atoms with E-state index in [0.717, 1.165) is 58.4 Å². The van der Waals surface area contributed by atoms with Crippen LogP contribution in [0.15, 0.2) is 0 Å². The van der Waals surface area contributed by atoms with Crippen LogP contribution in [-0.2, 0) is 4.79 Å². The zero-order valence-corrected chi connectivity index (χ0v) is 16.0. The summed E-state index contributed by atoms with van der Waals surface area (Å²) < 4.78 is 0. The van der Waals surface area contributed by atoms with Crippen LogP contribution in [0.1, 0.15) is 58.8 Å². The van der Waals surface area contributed by atoms with Crippen LogP contribution in [0.5, 0.6) is 0 Å². The first-order chi connectivity index (χ1) is 11.5. The van der Waals surface area contributed by atoms with Crippen molar-refractivity contribution < 1.29 is 9.90 Å². The molecule has 2 saturated heterocycles. The summed E-state index contributed by atoms with van der Waals surface area (Å²) in [6, 6.07) is 0.651. The normalized spacial score (nSPS) is 24.3. The van der Waals surface area contributed by atoms with Gasteiger partial charge in [-0.1, -0.05) is 26.7 Å². The van der Waals surface area contributed by atoms with Gasteiger partial charge in [0, 0.05) is 38.8 Å². The fourth-order valence-electron chi connectivity index (χ4n) is 4.40. The van der Waals surface area contributed by atoms with Gasteiger partial charge >= 0.3 is 0 Å². The number of rotatable bonds is 7. The predicted molar refractivity (Wildman–Crippen MR) is 98.1 cm³/mol. The number of aliphatic hydroxyl groups is 1. The largest absolute Gasteiger partial charge is 0.389 e. The highest BCUT2D eigenvalue weighted by Crippen LogP contribution is 2.25. The summed E-state index contributed by atoms with van der Waals surface area (Å²) in [5, 5.41) is 10.7. The van der Waals surface area contributed by atoms with Gasteiger partial charge in [-0.25, -0.2) is 0 Å². The molecule has 1 N–H and O–H groups in total. The Morgan fingerprint density at radius 1 is 1.08 bits per heavy atom. The predicted octanol–water partition coefficient (Wildman–Crippen LogP) is 1.95. The van der Waals surface area contributed by atoms with Crippen LogP contribution >= 0.6 is 0 Å². The summed E-state index contributed by atoms with van der Waals surface area (Å²) >= 11 is 0. The lowest BCUT2D eigenvalue weighted by Gasteiger charge is -2.43. The second kappa shape index (κ2) is 9.16. The maximum Gasteiger partial charge on any atom is 0.225 e. The van der Waals surface area contributed by atoms with E-state index >= 15 is 0 Å². The van der Waals surface area contributed by atoms with Crippen molar-refractivity contribution in [3.05, 3.63) is 0 Å². The third-order valence-electron chi connectivity index (χ3n) is 5.69. The minimum atomic E-state index is -0.802. The molecule has 0 saturated carbocycles. The first-order valence-corrected chi connectivity index (χ1v) is 9.90. The minimum absolute atomic E-state index is 0.139. The summed E-state index contributed by atoms with van der Waals surface area (Å²) in [5.74, 6) is 0.139. The van der Waals surface area contributed by atoms with Crippen molar-refractivity contribution in [1.29, 1.82) is 0 Å². The number of carbonyl (C=O) groups excluding carboxylic acids is 1. The molecule has 2 fully saturated rings. The van der Waals surface area contributed by atoms with Crippen molar-refractivity contribution in [3.8, 4) is 0 Å². The van der Waals surface area contributed by atoms with E-state index in [1.54, 1.807) is 0 Å². The Balaban J connectivity index is 1.81. The summed E-state index contributed by atoms with van der Waals surface area (Å²) in [6.07, 6.45) is 6.15. The van der Waals surface area contributed by atoms with Gasteiger partial charge in [0.15, 0.2) is 0 Å².